The zero-order valence-electron chi connectivity index (χ0n) is 16.3. The molecule has 0 amide bonds. The molecule has 0 saturated carbocycles. The summed E-state index contributed by atoms with van der Waals surface area (Å²) in [6, 6.07) is 16.7. The third-order valence-electron chi connectivity index (χ3n) is 3.82. The lowest BCUT2D eigenvalue weighted by molar-refractivity contribution is 0.217. The van der Waals surface area contributed by atoms with E-state index >= 15 is 0 Å². The van der Waals surface area contributed by atoms with E-state index in [2.05, 4.69) is 65.0 Å². The molecule has 0 radical (unpaired) electrons. The highest BCUT2D eigenvalue weighted by atomic mass is 16.5. The van der Waals surface area contributed by atoms with Gasteiger partial charge in [-0.1, -0.05) is 58.9 Å². The Hall–Kier alpha value is -1.96. The molecule has 25 heavy (non-hydrogen) atoms. The monoisotopic (exact) mass is 340 g/mol. The highest BCUT2D eigenvalue weighted by molar-refractivity contribution is 5.29. The van der Waals surface area contributed by atoms with Crippen LogP contribution in [-0.2, 0) is 12.8 Å². The SMILES string of the molecule is CC(C)Cc1cccc(OCCOc2ccc(CC(C)(C)C)cc2)c1. The van der Waals surface area contributed by atoms with Crippen molar-refractivity contribution < 1.29 is 9.47 Å². The Morgan fingerprint density at radius 2 is 1.44 bits per heavy atom. The van der Waals surface area contributed by atoms with Crippen LogP contribution in [0, 0.1) is 11.3 Å². The molecule has 0 aromatic heterocycles. The van der Waals surface area contributed by atoms with Gasteiger partial charge in [0.25, 0.3) is 0 Å². The van der Waals surface area contributed by atoms with Crippen molar-refractivity contribution in [3.05, 3.63) is 59.7 Å². The summed E-state index contributed by atoms with van der Waals surface area (Å²) in [5.41, 5.74) is 2.97. The minimum absolute atomic E-state index is 0.306. The molecule has 0 atom stereocenters. The molecule has 0 aliphatic carbocycles. The molecule has 2 aromatic carbocycles. The largest absolute Gasteiger partial charge is 0.490 e. The minimum atomic E-state index is 0.306. The van der Waals surface area contributed by atoms with Crippen LogP contribution in [-0.4, -0.2) is 13.2 Å². The van der Waals surface area contributed by atoms with E-state index in [0.29, 0.717) is 24.5 Å². The summed E-state index contributed by atoms with van der Waals surface area (Å²) in [5.74, 6) is 2.47. The van der Waals surface area contributed by atoms with E-state index in [1.807, 2.05) is 18.2 Å². The summed E-state index contributed by atoms with van der Waals surface area (Å²) < 4.78 is 11.6. The lowest BCUT2D eigenvalue weighted by Crippen LogP contribution is -2.10. The van der Waals surface area contributed by atoms with Gasteiger partial charge in [0, 0.05) is 0 Å². The van der Waals surface area contributed by atoms with Crippen LogP contribution in [0.2, 0.25) is 0 Å². The second-order valence-electron chi connectivity index (χ2n) is 8.32. The molecule has 2 aromatic rings. The first-order valence-electron chi connectivity index (χ1n) is 9.25. The molecule has 0 fully saturated rings. The van der Waals surface area contributed by atoms with Crippen LogP contribution in [0.1, 0.15) is 45.7 Å². The van der Waals surface area contributed by atoms with Crippen LogP contribution in [0.5, 0.6) is 11.5 Å². The molecular formula is C23H32O2. The van der Waals surface area contributed by atoms with E-state index in [-0.39, 0.29) is 0 Å². The van der Waals surface area contributed by atoms with Crippen molar-refractivity contribution in [3.63, 3.8) is 0 Å². The number of hydrogen-bond donors (Lipinski definition) is 0. The summed E-state index contributed by atoms with van der Waals surface area (Å²) in [6.45, 7) is 12.3. The van der Waals surface area contributed by atoms with Gasteiger partial charge in [-0.15, -0.1) is 0 Å². The summed E-state index contributed by atoms with van der Waals surface area (Å²) in [5, 5.41) is 0. The summed E-state index contributed by atoms with van der Waals surface area (Å²) in [7, 11) is 0. The summed E-state index contributed by atoms with van der Waals surface area (Å²) >= 11 is 0. The second kappa shape index (κ2) is 8.94. The second-order valence-corrected chi connectivity index (χ2v) is 8.32. The highest BCUT2D eigenvalue weighted by Crippen LogP contribution is 2.22. The van der Waals surface area contributed by atoms with E-state index in [0.717, 1.165) is 24.3 Å². The van der Waals surface area contributed by atoms with Gasteiger partial charge in [-0.3, -0.25) is 0 Å². The molecule has 0 N–H and O–H groups in total. The highest BCUT2D eigenvalue weighted by Gasteiger charge is 2.11. The van der Waals surface area contributed by atoms with Crippen LogP contribution in [0.3, 0.4) is 0 Å². The normalized spacial score (nSPS) is 11.6. The lowest BCUT2D eigenvalue weighted by Gasteiger charge is -2.18. The van der Waals surface area contributed by atoms with Crippen LogP contribution in [0.4, 0.5) is 0 Å². The topological polar surface area (TPSA) is 18.5 Å². The first kappa shape index (κ1) is 19.4. The van der Waals surface area contributed by atoms with Crippen molar-refractivity contribution in [2.45, 2.75) is 47.5 Å². The average molecular weight is 341 g/mol. The van der Waals surface area contributed by atoms with Crippen molar-refractivity contribution in [2.24, 2.45) is 11.3 Å². The van der Waals surface area contributed by atoms with Crippen molar-refractivity contribution in [1.82, 2.24) is 0 Å². The Bertz CT molecular complexity index is 636. The van der Waals surface area contributed by atoms with Crippen molar-refractivity contribution in [3.8, 4) is 11.5 Å². The third-order valence-corrected chi connectivity index (χ3v) is 3.82. The Morgan fingerprint density at radius 3 is 2.04 bits per heavy atom. The number of ether oxygens (including phenoxy) is 2. The van der Waals surface area contributed by atoms with Crippen LogP contribution < -0.4 is 9.47 Å². The fourth-order valence-electron chi connectivity index (χ4n) is 2.87. The van der Waals surface area contributed by atoms with Gasteiger partial charge in [-0.25, -0.2) is 0 Å². The van der Waals surface area contributed by atoms with E-state index in [1.54, 1.807) is 0 Å². The molecule has 0 aliphatic heterocycles. The number of benzene rings is 2. The third kappa shape index (κ3) is 7.64. The Kier molecular flexibility index (Phi) is 6.92. The molecule has 0 unspecified atom stereocenters. The van der Waals surface area contributed by atoms with Crippen LogP contribution >= 0.6 is 0 Å². The van der Waals surface area contributed by atoms with Gasteiger partial charge < -0.3 is 9.47 Å². The van der Waals surface area contributed by atoms with E-state index in [1.165, 1.54) is 11.1 Å². The maximum atomic E-state index is 5.81. The van der Waals surface area contributed by atoms with Crippen LogP contribution in [0.15, 0.2) is 48.5 Å². The molecule has 2 rings (SSSR count). The van der Waals surface area contributed by atoms with Crippen molar-refractivity contribution in [1.29, 1.82) is 0 Å². The Labute approximate surface area is 153 Å². The van der Waals surface area contributed by atoms with Crippen molar-refractivity contribution in [2.75, 3.05) is 13.2 Å². The van der Waals surface area contributed by atoms with Gasteiger partial charge in [-0.2, -0.15) is 0 Å². The fourth-order valence-corrected chi connectivity index (χ4v) is 2.87. The van der Waals surface area contributed by atoms with Gasteiger partial charge >= 0.3 is 0 Å². The predicted molar refractivity (Wildman–Crippen MR) is 106 cm³/mol. The zero-order chi connectivity index (χ0) is 18.3. The molecule has 0 bridgehead atoms. The Balaban J connectivity index is 1.76. The average Bonchev–Trinajstić information content (AvgIpc) is 2.51. The Morgan fingerprint density at radius 1 is 0.800 bits per heavy atom. The summed E-state index contributed by atoms with van der Waals surface area (Å²) in [4.78, 5) is 0. The number of hydrogen-bond acceptors (Lipinski definition) is 2. The molecule has 0 saturated heterocycles. The fraction of sp³-hybridized carbons (Fsp3) is 0.478. The van der Waals surface area contributed by atoms with E-state index in [9.17, 15) is 0 Å². The molecule has 0 spiro atoms. The van der Waals surface area contributed by atoms with E-state index < -0.39 is 0 Å². The van der Waals surface area contributed by atoms with Gasteiger partial charge in [0.1, 0.15) is 24.7 Å². The molecule has 0 heterocycles. The number of rotatable bonds is 8. The minimum Gasteiger partial charge on any atom is -0.490 e. The quantitative estimate of drug-likeness (QED) is 0.554. The maximum Gasteiger partial charge on any atom is 0.122 e. The summed E-state index contributed by atoms with van der Waals surface area (Å²) in [6.07, 6.45) is 2.15. The first-order chi connectivity index (χ1) is 11.8. The van der Waals surface area contributed by atoms with Gasteiger partial charge in [0.2, 0.25) is 0 Å². The zero-order valence-corrected chi connectivity index (χ0v) is 16.3. The van der Waals surface area contributed by atoms with E-state index in [4.69, 9.17) is 9.47 Å². The molecule has 136 valence electrons. The molecular weight excluding hydrogens is 308 g/mol. The van der Waals surface area contributed by atoms with Crippen LogP contribution in [0.25, 0.3) is 0 Å². The van der Waals surface area contributed by atoms with Gasteiger partial charge in [-0.05, 0) is 59.6 Å². The molecule has 0 aliphatic rings. The van der Waals surface area contributed by atoms with Gasteiger partial charge in [0.05, 0.1) is 0 Å². The van der Waals surface area contributed by atoms with Crippen molar-refractivity contribution >= 4 is 0 Å². The standard InChI is InChI=1S/C23H32O2/c1-18(2)15-20-7-6-8-22(16-20)25-14-13-24-21-11-9-19(10-12-21)17-23(3,4)5/h6-12,16,18H,13-15,17H2,1-5H3. The smallest absolute Gasteiger partial charge is 0.122 e. The first-order valence-corrected chi connectivity index (χ1v) is 9.25. The van der Waals surface area contributed by atoms with Gasteiger partial charge in [0.15, 0.2) is 0 Å². The predicted octanol–water partition coefficient (Wildman–Crippen LogP) is 5.93. The molecule has 2 nitrogen and oxygen atoms in total. The lowest BCUT2D eigenvalue weighted by atomic mass is 9.88. The maximum absolute atomic E-state index is 5.81. The molecule has 2 heteroatoms.